The number of nitrogens with one attached hydrogen (secondary N) is 1. The number of likely N-dealkylation sites (tertiary alicyclic amines) is 1. The van der Waals surface area contributed by atoms with Crippen LogP contribution in [0.2, 0.25) is 0 Å². The molecule has 1 aliphatic heterocycles. The first-order chi connectivity index (χ1) is 7.47. The van der Waals surface area contributed by atoms with Crippen LogP contribution in [0, 0.1) is 17.8 Å². The van der Waals surface area contributed by atoms with Crippen LogP contribution < -0.4 is 5.32 Å². The summed E-state index contributed by atoms with van der Waals surface area (Å²) in [6, 6.07) is 0.613. The normalized spacial score (nSPS) is 29.6. The molecule has 1 saturated heterocycles. The van der Waals surface area contributed by atoms with Gasteiger partial charge in [0, 0.05) is 25.7 Å². The molecule has 0 aromatic rings. The maximum absolute atomic E-state index is 3.53. The first-order valence-electron chi connectivity index (χ1n) is 6.93. The van der Waals surface area contributed by atoms with Crippen molar-refractivity contribution in [2.45, 2.75) is 47.1 Å². The van der Waals surface area contributed by atoms with Gasteiger partial charge in [0.2, 0.25) is 0 Å². The third-order valence-corrected chi connectivity index (χ3v) is 3.39. The van der Waals surface area contributed by atoms with E-state index < -0.39 is 0 Å². The maximum atomic E-state index is 3.53. The minimum Gasteiger partial charge on any atom is -0.314 e. The fraction of sp³-hybridized carbons (Fsp3) is 1.00. The molecule has 0 amide bonds. The average Bonchev–Trinajstić information content (AvgIpc) is 2.12. The molecular formula is C14H30N2. The van der Waals surface area contributed by atoms with E-state index in [0.29, 0.717) is 6.04 Å². The zero-order valence-electron chi connectivity index (χ0n) is 11.8. The highest BCUT2D eigenvalue weighted by Crippen LogP contribution is 2.21. The largest absolute Gasteiger partial charge is 0.314 e. The Labute approximate surface area is 102 Å². The molecule has 3 unspecified atom stereocenters. The third-order valence-electron chi connectivity index (χ3n) is 3.39. The topological polar surface area (TPSA) is 15.3 Å². The van der Waals surface area contributed by atoms with Crippen LogP contribution in [0.5, 0.6) is 0 Å². The van der Waals surface area contributed by atoms with E-state index in [1.807, 2.05) is 0 Å². The van der Waals surface area contributed by atoms with Crippen molar-refractivity contribution < 1.29 is 0 Å². The summed E-state index contributed by atoms with van der Waals surface area (Å²) >= 11 is 0. The molecule has 0 saturated carbocycles. The third kappa shape index (κ3) is 5.31. The summed E-state index contributed by atoms with van der Waals surface area (Å²) in [6.45, 7) is 16.6. The molecule has 2 nitrogen and oxygen atoms in total. The van der Waals surface area contributed by atoms with Crippen LogP contribution in [0.15, 0.2) is 0 Å². The molecule has 1 heterocycles. The van der Waals surface area contributed by atoms with Gasteiger partial charge in [0.25, 0.3) is 0 Å². The van der Waals surface area contributed by atoms with Gasteiger partial charge in [-0.25, -0.2) is 0 Å². The van der Waals surface area contributed by atoms with Crippen molar-refractivity contribution in [1.82, 2.24) is 10.2 Å². The Kier molecular flexibility index (Phi) is 5.77. The van der Waals surface area contributed by atoms with Crippen molar-refractivity contribution in [2.24, 2.45) is 17.8 Å². The van der Waals surface area contributed by atoms with Crippen molar-refractivity contribution in [3.63, 3.8) is 0 Å². The van der Waals surface area contributed by atoms with E-state index in [9.17, 15) is 0 Å². The van der Waals surface area contributed by atoms with Crippen LogP contribution in [0.25, 0.3) is 0 Å². The Balaban J connectivity index is 2.24. The molecule has 0 spiro atoms. The Bertz CT molecular complexity index is 181. The fourth-order valence-corrected chi connectivity index (χ4v) is 2.88. The van der Waals surface area contributed by atoms with E-state index in [1.165, 1.54) is 26.1 Å². The number of hydrogen-bond acceptors (Lipinski definition) is 2. The lowest BCUT2D eigenvalue weighted by Crippen LogP contribution is -2.43. The van der Waals surface area contributed by atoms with Crippen LogP contribution in [0.1, 0.15) is 41.0 Å². The van der Waals surface area contributed by atoms with Crippen LogP contribution in [0.4, 0.5) is 0 Å². The molecule has 2 heteroatoms. The standard InChI is InChI=1S/C14H30N2/c1-11(2)15-7-14(5)10-16-8-12(3)6-13(4)9-16/h11-15H,6-10H2,1-5H3. The Morgan fingerprint density at radius 2 is 1.69 bits per heavy atom. The van der Waals surface area contributed by atoms with Gasteiger partial charge in [-0.3, -0.25) is 0 Å². The van der Waals surface area contributed by atoms with Gasteiger partial charge in [-0.1, -0.05) is 34.6 Å². The van der Waals surface area contributed by atoms with Crippen molar-refractivity contribution >= 4 is 0 Å². The van der Waals surface area contributed by atoms with Gasteiger partial charge in [0.1, 0.15) is 0 Å². The Morgan fingerprint density at radius 1 is 1.12 bits per heavy atom. The predicted octanol–water partition coefficient (Wildman–Crippen LogP) is 2.60. The van der Waals surface area contributed by atoms with E-state index in [1.54, 1.807) is 0 Å². The van der Waals surface area contributed by atoms with Crippen molar-refractivity contribution in [3.05, 3.63) is 0 Å². The molecule has 1 rings (SSSR count). The Morgan fingerprint density at radius 3 is 2.19 bits per heavy atom. The van der Waals surface area contributed by atoms with Crippen LogP contribution in [-0.2, 0) is 0 Å². The lowest BCUT2D eigenvalue weighted by molar-refractivity contribution is 0.124. The molecule has 0 aliphatic carbocycles. The number of rotatable bonds is 5. The van der Waals surface area contributed by atoms with Crippen molar-refractivity contribution in [3.8, 4) is 0 Å². The minimum atomic E-state index is 0.613. The van der Waals surface area contributed by atoms with Crippen molar-refractivity contribution in [2.75, 3.05) is 26.2 Å². The van der Waals surface area contributed by atoms with Crippen LogP contribution in [0.3, 0.4) is 0 Å². The summed E-state index contributed by atoms with van der Waals surface area (Å²) in [5.41, 5.74) is 0. The molecule has 3 atom stereocenters. The van der Waals surface area contributed by atoms with Crippen LogP contribution >= 0.6 is 0 Å². The van der Waals surface area contributed by atoms with Gasteiger partial charge >= 0.3 is 0 Å². The van der Waals surface area contributed by atoms with Gasteiger partial charge in [-0.05, 0) is 30.7 Å². The summed E-state index contributed by atoms with van der Waals surface area (Å²) in [6.07, 6.45) is 1.41. The molecule has 1 fully saturated rings. The Hall–Kier alpha value is -0.0800. The number of nitrogens with zero attached hydrogens (tertiary/aromatic N) is 1. The lowest BCUT2D eigenvalue weighted by Gasteiger charge is -2.36. The monoisotopic (exact) mass is 226 g/mol. The van der Waals surface area contributed by atoms with Gasteiger partial charge < -0.3 is 10.2 Å². The summed E-state index contributed by atoms with van der Waals surface area (Å²) in [7, 11) is 0. The molecule has 16 heavy (non-hydrogen) atoms. The van der Waals surface area contributed by atoms with Crippen molar-refractivity contribution in [1.29, 1.82) is 0 Å². The second kappa shape index (κ2) is 6.61. The lowest BCUT2D eigenvalue weighted by atomic mass is 9.91. The van der Waals surface area contributed by atoms with Crippen LogP contribution in [-0.4, -0.2) is 37.1 Å². The van der Waals surface area contributed by atoms with E-state index in [-0.39, 0.29) is 0 Å². The first-order valence-corrected chi connectivity index (χ1v) is 6.93. The first kappa shape index (κ1) is 14.0. The molecule has 96 valence electrons. The zero-order valence-corrected chi connectivity index (χ0v) is 11.8. The molecular weight excluding hydrogens is 196 g/mol. The molecule has 0 aromatic carbocycles. The molecule has 0 bridgehead atoms. The summed E-state index contributed by atoms with van der Waals surface area (Å²) in [5, 5.41) is 3.53. The maximum Gasteiger partial charge on any atom is 0.00194 e. The van der Waals surface area contributed by atoms with Gasteiger partial charge in [0.15, 0.2) is 0 Å². The number of hydrogen-bond donors (Lipinski definition) is 1. The summed E-state index contributed by atoms with van der Waals surface area (Å²) < 4.78 is 0. The summed E-state index contributed by atoms with van der Waals surface area (Å²) in [4.78, 5) is 2.66. The van der Waals surface area contributed by atoms with E-state index in [2.05, 4.69) is 44.8 Å². The number of piperidine rings is 1. The molecule has 1 aliphatic rings. The second-order valence-corrected chi connectivity index (χ2v) is 6.33. The minimum absolute atomic E-state index is 0.613. The quantitative estimate of drug-likeness (QED) is 0.775. The highest BCUT2D eigenvalue weighted by atomic mass is 15.1. The van der Waals surface area contributed by atoms with E-state index in [4.69, 9.17) is 0 Å². The highest BCUT2D eigenvalue weighted by Gasteiger charge is 2.22. The highest BCUT2D eigenvalue weighted by molar-refractivity contribution is 4.76. The predicted molar refractivity (Wildman–Crippen MR) is 71.7 cm³/mol. The average molecular weight is 226 g/mol. The molecule has 0 radical (unpaired) electrons. The molecule has 0 aromatic heterocycles. The smallest absolute Gasteiger partial charge is 0.00194 e. The van der Waals surface area contributed by atoms with Gasteiger partial charge in [-0.15, -0.1) is 0 Å². The SMILES string of the molecule is CC(CNC(C)C)CN1CC(C)CC(C)C1. The molecule has 1 N–H and O–H groups in total. The fourth-order valence-electron chi connectivity index (χ4n) is 2.88. The summed E-state index contributed by atoms with van der Waals surface area (Å²) in [5.74, 6) is 2.53. The zero-order chi connectivity index (χ0) is 12.1. The second-order valence-electron chi connectivity index (χ2n) is 6.33. The van der Waals surface area contributed by atoms with Gasteiger partial charge in [-0.2, -0.15) is 0 Å². The van der Waals surface area contributed by atoms with E-state index >= 15 is 0 Å². The van der Waals surface area contributed by atoms with E-state index in [0.717, 1.165) is 24.3 Å². The van der Waals surface area contributed by atoms with Gasteiger partial charge in [0.05, 0.1) is 0 Å².